The quantitative estimate of drug-likeness (QED) is 0.715. The van der Waals surface area contributed by atoms with Gasteiger partial charge in [-0.2, -0.15) is 0 Å². The maximum atomic E-state index is 12.1. The highest BCUT2D eigenvalue weighted by atomic mass is 16.7. The van der Waals surface area contributed by atoms with Crippen molar-refractivity contribution in [2.45, 2.75) is 83.4 Å². The van der Waals surface area contributed by atoms with Crippen LogP contribution in [0, 0.1) is 11.3 Å². The smallest absolute Gasteiger partial charge is 0.336 e. The van der Waals surface area contributed by atoms with Crippen LogP contribution in [0.25, 0.3) is 0 Å². The predicted octanol–water partition coefficient (Wildman–Crippen LogP) is 1.85. The van der Waals surface area contributed by atoms with E-state index >= 15 is 0 Å². The molecule has 0 aromatic heterocycles. The first-order valence-corrected chi connectivity index (χ1v) is 9.65. The zero-order valence-corrected chi connectivity index (χ0v) is 16.7. The van der Waals surface area contributed by atoms with E-state index in [4.69, 9.17) is 14.2 Å². The highest BCUT2D eigenvalue weighted by Crippen LogP contribution is 2.62. The third-order valence-corrected chi connectivity index (χ3v) is 7.05. The topological polar surface area (TPSA) is 102 Å². The molecule has 2 saturated carbocycles. The summed E-state index contributed by atoms with van der Waals surface area (Å²) in [5, 5.41) is 22.6. The minimum Gasteiger partial charge on any atom is -0.462 e. The summed E-state index contributed by atoms with van der Waals surface area (Å²) in [6.45, 7) is 7.33. The summed E-state index contributed by atoms with van der Waals surface area (Å²) in [6, 6.07) is 0. The van der Waals surface area contributed by atoms with Gasteiger partial charge >= 0.3 is 11.9 Å². The van der Waals surface area contributed by atoms with Gasteiger partial charge in [-0.3, -0.25) is 4.79 Å². The third kappa shape index (κ3) is 2.74. The number of carbonyl (C=O) groups is 2. The van der Waals surface area contributed by atoms with Crippen LogP contribution in [-0.4, -0.2) is 52.9 Å². The summed E-state index contributed by atoms with van der Waals surface area (Å²) in [4.78, 5) is 24.2. The molecule has 7 nitrogen and oxygen atoms in total. The largest absolute Gasteiger partial charge is 0.462 e. The molecule has 152 valence electrons. The molecule has 2 aliphatic carbocycles. The van der Waals surface area contributed by atoms with Crippen LogP contribution in [0.5, 0.6) is 0 Å². The third-order valence-electron chi connectivity index (χ3n) is 7.05. The number of ether oxygens (including phenoxy) is 3. The van der Waals surface area contributed by atoms with Gasteiger partial charge in [-0.05, 0) is 26.2 Å². The van der Waals surface area contributed by atoms with Crippen LogP contribution in [-0.2, 0) is 23.8 Å². The van der Waals surface area contributed by atoms with E-state index in [1.165, 1.54) is 7.11 Å². The van der Waals surface area contributed by atoms with Crippen LogP contribution in [0.2, 0.25) is 0 Å². The number of hydrogen-bond donors (Lipinski definition) is 2. The van der Waals surface area contributed by atoms with Gasteiger partial charge in [-0.25, -0.2) is 4.79 Å². The molecule has 0 aromatic carbocycles. The van der Waals surface area contributed by atoms with Crippen molar-refractivity contribution in [1.29, 1.82) is 0 Å². The Balaban J connectivity index is 2.03. The lowest BCUT2D eigenvalue weighted by Crippen LogP contribution is -2.70. The molecular formula is C20H30O7. The van der Waals surface area contributed by atoms with E-state index in [2.05, 4.69) is 0 Å². The molecule has 3 aliphatic rings. The van der Waals surface area contributed by atoms with Crippen LogP contribution in [0.15, 0.2) is 11.1 Å². The van der Waals surface area contributed by atoms with Crippen molar-refractivity contribution in [3.8, 4) is 0 Å². The normalized spacial score (nSPS) is 43.8. The monoisotopic (exact) mass is 382 g/mol. The molecule has 0 bridgehead atoms. The summed E-state index contributed by atoms with van der Waals surface area (Å²) in [6.07, 6.45) is 0.623. The van der Waals surface area contributed by atoms with Crippen molar-refractivity contribution in [3.63, 3.8) is 0 Å². The zero-order valence-electron chi connectivity index (χ0n) is 16.7. The van der Waals surface area contributed by atoms with E-state index in [0.717, 1.165) is 0 Å². The van der Waals surface area contributed by atoms with Crippen molar-refractivity contribution < 1.29 is 34.0 Å². The Bertz CT molecular complexity index is 686. The van der Waals surface area contributed by atoms with Crippen molar-refractivity contribution in [2.75, 3.05) is 7.11 Å². The Morgan fingerprint density at radius 3 is 2.63 bits per heavy atom. The Hall–Kier alpha value is -1.44. The standard InChI is InChI=1S/C20H30O7/c1-6-7-14(21)26-13-8-9-19(23)10-20(24)15(11(2)17(22)27-20)16(25-5)18(19,4)12(13)3/h12-13,16,23-24H,6-10H2,1-5H3/t12-,13-,16+,18-,19-,20-/m0/s1. The molecule has 3 rings (SSSR count). The number of fused-ring (bicyclic) bond motifs is 2. The molecule has 1 aliphatic heterocycles. The number of hydrogen-bond acceptors (Lipinski definition) is 7. The second kappa shape index (κ2) is 6.57. The Kier molecular flexibility index (Phi) is 4.94. The minimum atomic E-state index is -1.86. The summed E-state index contributed by atoms with van der Waals surface area (Å²) in [5.74, 6) is -2.96. The zero-order chi connectivity index (χ0) is 20.2. The lowest BCUT2D eigenvalue weighted by atomic mass is 9.49. The van der Waals surface area contributed by atoms with Gasteiger partial charge < -0.3 is 24.4 Å². The molecule has 6 atom stereocenters. The second-order valence-electron chi connectivity index (χ2n) is 8.43. The van der Waals surface area contributed by atoms with Gasteiger partial charge in [0.1, 0.15) is 6.10 Å². The van der Waals surface area contributed by atoms with Crippen LogP contribution in [0.4, 0.5) is 0 Å². The van der Waals surface area contributed by atoms with E-state index in [1.807, 2.05) is 20.8 Å². The molecule has 0 unspecified atom stereocenters. The van der Waals surface area contributed by atoms with E-state index in [0.29, 0.717) is 36.8 Å². The highest BCUT2D eigenvalue weighted by molar-refractivity contribution is 5.92. The average Bonchev–Trinajstić information content (AvgIpc) is 2.80. The predicted molar refractivity (Wildman–Crippen MR) is 95.4 cm³/mol. The second-order valence-corrected chi connectivity index (χ2v) is 8.43. The lowest BCUT2D eigenvalue weighted by molar-refractivity contribution is -0.286. The van der Waals surface area contributed by atoms with Crippen LogP contribution >= 0.6 is 0 Å². The van der Waals surface area contributed by atoms with Gasteiger partial charge in [0.15, 0.2) is 0 Å². The molecule has 7 heteroatoms. The first kappa shape index (κ1) is 20.3. The van der Waals surface area contributed by atoms with Crippen molar-refractivity contribution in [3.05, 3.63) is 11.1 Å². The Morgan fingerprint density at radius 1 is 1.37 bits per heavy atom. The summed E-state index contributed by atoms with van der Waals surface area (Å²) in [5.41, 5.74) is -1.52. The van der Waals surface area contributed by atoms with E-state index < -0.39 is 28.9 Å². The van der Waals surface area contributed by atoms with Gasteiger partial charge in [-0.1, -0.05) is 20.8 Å². The van der Waals surface area contributed by atoms with E-state index in [-0.39, 0.29) is 24.4 Å². The molecule has 2 N–H and O–H groups in total. The number of methoxy groups -OCH3 is 1. The van der Waals surface area contributed by atoms with Crippen LogP contribution < -0.4 is 0 Å². The first-order chi connectivity index (χ1) is 12.5. The van der Waals surface area contributed by atoms with Crippen LogP contribution in [0.1, 0.15) is 59.8 Å². The molecular weight excluding hydrogens is 352 g/mol. The van der Waals surface area contributed by atoms with Gasteiger partial charge in [0.2, 0.25) is 5.79 Å². The number of esters is 2. The van der Waals surface area contributed by atoms with Crippen molar-refractivity contribution >= 4 is 11.9 Å². The van der Waals surface area contributed by atoms with Gasteiger partial charge in [-0.15, -0.1) is 0 Å². The summed E-state index contributed by atoms with van der Waals surface area (Å²) >= 11 is 0. The lowest BCUT2D eigenvalue weighted by Gasteiger charge is -2.62. The van der Waals surface area contributed by atoms with Gasteiger partial charge in [0.25, 0.3) is 0 Å². The van der Waals surface area contributed by atoms with Crippen LogP contribution in [0.3, 0.4) is 0 Å². The fourth-order valence-electron chi connectivity index (χ4n) is 5.34. The fraction of sp³-hybridized carbons (Fsp3) is 0.800. The number of rotatable bonds is 4. The fourth-order valence-corrected chi connectivity index (χ4v) is 5.34. The first-order valence-electron chi connectivity index (χ1n) is 9.65. The maximum Gasteiger partial charge on any atom is 0.336 e. The molecule has 0 radical (unpaired) electrons. The summed E-state index contributed by atoms with van der Waals surface area (Å²) < 4.78 is 16.7. The number of carbonyl (C=O) groups excluding carboxylic acids is 2. The Labute approximate surface area is 159 Å². The maximum absolute atomic E-state index is 12.1. The van der Waals surface area contributed by atoms with Gasteiger partial charge in [0, 0.05) is 42.4 Å². The highest BCUT2D eigenvalue weighted by Gasteiger charge is 2.70. The number of aliphatic hydroxyl groups is 2. The minimum absolute atomic E-state index is 0.116. The molecule has 1 heterocycles. The summed E-state index contributed by atoms with van der Waals surface area (Å²) in [7, 11) is 1.49. The molecule has 0 spiro atoms. The molecule has 0 aromatic rings. The SMILES string of the molecule is CCCC(=O)O[C@H]1CC[C@]2(O)C[C@]3(O)OC(=O)C(C)=C3[C@@H](OC)[C@]2(C)[C@H]1C. The molecule has 2 fully saturated rings. The molecule has 0 saturated heterocycles. The Morgan fingerprint density at radius 2 is 2.04 bits per heavy atom. The molecule has 0 amide bonds. The average molecular weight is 382 g/mol. The molecule has 27 heavy (non-hydrogen) atoms. The van der Waals surface area contributed by atoms with Gasteiger partial charge in [0.05, 0.1) is 11.7 Å². The van der Waals surface area contributed by atoms with E-state index in [9.17, 15) is 19.8 Å². The van der Waals surface area contributed by atoms with Crippen molar-refractivity contribution in [2.24, 2.45) is 11.3 Å². The van der Waals surface area contributed by atoms with E-state index in [1.54, 1.807) is 6.92 Å². The van der Waals surface area contributed by atoms with Crippen molar-refractivity contribution in [1.82, 2.24) is 0 Å².